The van der Waals surface area contributed by atoms with E-state index in [0.717, 1.165) is 30.6 Å². The summed E-state index contributed by atoms with van der Waals surface area (Å²) in [5.74, 6) is 2.47. The average Bonchev–Trinajstić information content (AvgIpc) is 2.86. The van der Waals surface area contributed by atoms with Crippen LogP contribution in [0.2, 0.25) is 0 Å². The minimum Gasteiger partial charge on any atom is -0.319 e. The predicted molar refractivity (Wildman–Crippen MR) is 86.0 cm³/mol. The number of hydrogen-bond donors (Lipinski definition) is 1. The topological polar surface area (TPSA) is 38.9 Å². The monoisotopic (exact) mass is 292 g/mol. The van der Waals surface area contributed by atoms with E-state index in [1.165, 1.54) is 47.7 Å². The van der Waals surface area contributed by atoms with E-state index in [9.17, 15) is 0 Å². The van der Waals surface area contributed by atoms with Crippen LogP contribution in [-0.2, 0) is 18.4 Å². The Balaban J connectivity index is 1.80. The van der Waals surface area contributed by atoms with Gasteiger partial charge in [0.1, 0.15) is 5.01 Å². The summed E-state index contributed by atoms with van der Waals surface area (Å²) in [5, 5.41) is 1.24. The zero-order valence-electron chi connectivity index (χ0n) is 13.1. The first-order valence-electron chi connectivity index (χ1n) is 8.26. The van der Waals surface area contributed by atoms with Crippen molar-refractivity contribution in [2.45, 2.75) is 71.3 Å². The third-order valence-corrected chi connectivity index (χ3v) is 6.85. The van der Waals surface area contributed by atoms with Gasteiger partial charge in [-0.25, -0.2) is 4.98 Å². The summed E-state index contributed by atoms with van der Waals surface area (Å²) in [6, 6.07) is 0. The van der Waals surface area contributed by atoms with Gasteiger partial charge in [0.2, 0.25) is 0 Å². The third-order valence-electron chi connectivity index (χ3n) is 5.51. The van der Waals surface area contributed by atoms with Gasteiger partial charge in [-0.15, -0.1) is 11.3 Å². The molecule has 1 fully saturated rings. The van der Waals surface area contributed by atoms with Gasteiger partial charge in [-0.3, -0.25) is 0 Å². The molecule has 1 unspecified atom stereocenters. The van der Waals surface area contributed by atoms with Crippen molar-refractivity contribution in [1.29, 1.82) is 0 Å². The summed E-state index contributed by atoms with van der Waals surface area (Å²) in [4.78, 5) is 6.49. The highest BCUT2D eigenvalue weighted by Gasteiger charge is 2.36. The SMILES string of the molecule is CC1CCC(N)(c2nc3c(s2)CC(C(C)C)CC3)CC1. The van der Waals surface area contributed by atoms with Crippen LogP contribution in [-0.4, -0.2) is 4.98 Å². The van der Waals surface area contributed by atoms with E-state index in [2.05, 4.69) is 20.8 Å². The molecule has 0 aromatic carbocycles. The van der Waals surface area contributed by atoms with E-state index in [4.69, 9.17) is 10.7 Å². The van der Waals surface area contributed by atoms with E-state index >= 15 is 0 Å². The van der Waals surface area contributed by atoms with Crippen LogP contribution >= 0.6 is 11.3 Å². The predicted octanol–water partition coefficient (Wildman–Crippen LogP) is 4.27. The molecule has 2 aliphatic rings. The standard InChI is InChI=1S/C17H28N2S/c1-11(2)13-4-5-14-15(10-13)20-16(19-14)17(18)8-6-12(3)7-9-17/h11-13H,4-10,18H2,1-3H3. The molecule has 2 N–H and O–H groups in total. The highest BCUT2D eigenvalue weighted by molar-refractivity contribution is 7.11. The number of nitrogens with two attached hydrogens (primary N) is 1. The quantitative estimate of drug-likeness (QED) is 0.884. The summed E-state index contributed by atoms with van der Waals surface area (Å²) < 4.78 is 0. The van der Waals surface area contributed by atoms with Crippen LogP contribution in [0.15, 0.2) is 0 Å². The van der Waals surface area contributed by atoms with E-state index in [-0.39, 0.29) is 5.54 Å². The fraction of sp³-hybridized carbons (Fsp3) is 0.824. The maximum Gasteiger partial charge on any atom is 0.113 e. The Labute approximate surface area is 127 Å². The van der Waals surface area contributed by atoms with E-state index in [0.29, 0.717) is 0 Å². The van der Waals surface area contributed by atoms with Crippen LogP contribution in [0.4, 0.5) is 0 Å². The fourth-order valence-electron chi connectivity index (χ4n) is 3.67. The minimum absolute atomic E-state index is 0.123. The highest BCUT2D eigenvalue weighted by atomic mass is 32.1. The van der Waals surface area contributed by atoms with Crippen molar-refractivity contribution >= 4 is 11.3 Å². The largest absolute Gasteiger partial charge is 0.319 e. The molecule has 112 valence electrons. The summed E-state index contributed by atoms with van der Waals surface area (Å²) in [5.41, 5.74) is 7.94. The van der Waals surface area contributed by atoms with Crippen LogP contribution in [0.3, 0.4) is 0 Å². The average molecular weight is 292 g/mol. The lowest BCUT2D eigenvalue weighted by Crippen LogP contribution is -2.40. The summed E-state index contributed by atoms with van der Waals surface area (Å²) in [6.45, 7) is 7.05. The molecule has 20 heavy (non-hydrogen) atoms. The number of aromatic nitrogens is 1. The van der Waals surface area contributed by atoms with E-state index in [1.807, 2.05) is 11.3 Å². The molecule has 2 nitrogen and oxygen atoms in total. The smallest absolute Gasteiger partial charge is 0.113 e. The first-order valence-corrected chi connectivity index (χ1v) is 9.07. The molecule has 0 amide bonds. The Kier molecular flexibility index (Phi) is 3.93. The second kappa shape index (κ2) is 5.42. The summed E-state index contributed by atoms with van der Waals surface area (Å²) in [6.07, 6.45) is 8.47. The molecule has 1 saturated carbocycles. The number of thiazole rings is 1. The van der Waals surface area contributed by atoms with Crippen LogP contribution in [0.25, 0.3) is 0 Å². The van der Waals surface area contributed by atoms with Gasteiger partial charge in [-0.05, 0) is 62.7 Å². The molecular formula is C17H28N2S. The number of hydrogen-bond acceptors (Lipinski definition) is 3. The summed E-state index contributed by atoms with van der Waals surface area (Å²) in [7, 11) is 0. The lowest BCUT2D eigenvalue weighted by molar-refractivity contribution is 0.247. The van der Waals surface area contributed by atoms with Gasteiger partial charge < -0.3 is 5.73 Å². The van der Waals surface area contributed by atoms with Gasteiger partial charge in [0.15, 0.2) is 0 Å². The van der Waals surface area contributed by atoms with Crippen molar-refractivity contribution in [1.82, 2.24) is 4.98 Å². The first kappa shape index (κ1) is 14.5. The van der Waals surface area contributed by atoms with E-state index in [1.54, 1.807) is 0 Å². The second-order valence-electron chi connectivity index (χ2n) is 7.47. The second-order valence-corrected chi connectivity index (χ2v) is 8.56. The molecule has 1 atom stereocenters. The third kappa shape index (κ3) is 2.67. The van der Waals surface area contributed by atoms with Crippen molar-refractivity contribution in [2.75, 3.05) is 0 Å². The Bertz CT molecular complexity index is 469. The normalized spacial score (nSPS) is 34.2. The number of nitrogens with zero attached hydrogens (tertiary/aromatic N) is 1. The van der Waals surface area contributed by atoms with Crippen molar-refractivity contribution in [3.63, 3.8) is 0 Å². The zero-order valence-corrected chi connectivity index (χ0v) is 13.9. The molecule has 0 aliphatic heterocycles. The van der Waals surface area contributed by atoms with Crippen LogP contribution in [0.5, 0.6) is 0 Å². The van der Waals surface area contributed by atoms with Gasteiger partial charge in [-0.2, -0.15) is 0 Å². The number of rotatable bonds is 2. The Morgan fingerprint density at radius 2 is 1.95 bits per heavy atom. The van der Waals surface area contributed by atoms with Crippen molar-refractivity contribution in [3.05, 3.63) is 15.6 Å². The lowest BCUT2D eigenvalue weighted by Gasteiger charge is -2.34. The van der Waals surface area contributed by atoms with Gasteiger partial charge >= 0.3 is 0 Å². The van der Waals surface area contributed by atoms with Crippen LogP contribution < -0.4 is 5.73 Å². The van der Waals surface area contributed by atoms with Crippen LogP contribution in [0, 0.1) is 17.8 Å². The van der Waals surface area contributed by atoms with E-state index < -0.39 is 0 Å². The molecule has 0 spiro atoms. The molecule has 0 radical (unpaired) electrons. The van der Waals surface area contributed by atoms with Crippen molar-refractivity contribution in [2.24, 2.45) is 23.5 Å². The first-order chi connectivity index (χ1) is 9.48. The molecule has 3 heteroatoms. The number of aryl methyl sites for hydroxylation is 1. The molecule has 0 saturated heterocycles. The minimum atomic E-state index is -0.123. The number of fused-ring (bicyclic) bond motifs is 1. The van der Waals surface area contributed by atoms with Crippen molar-refractivity contribution in [3.8, 4) is 0 Å². The van der Waals surface area contributed by atoms with Crippen LogP contribution in [0.1, 0.15) is 68.5 Å². The van der Waals surface area contributed by atoms with Gasteiger partial charge in [-0.1, -0.05) is 20.8 Å². The molecule has 1 aromatic rings. The van der Waals surface area contributed by atoms with Gasteiger partial charge in [0.25, 0.3) is 0 Å². The molecule has 1 aromatic heterocycles. The lowest BCUT2D eigenvalue weighted by atomic mass is 9.78. The van der Waals surface area contributed by atoms with Crippen molar-refractivity contribution < 1.29 is 0 Å². The molecule has 0 bridgehead atoms. The Morgan fingerprint density at radius 3 is 2.60 bits per heavy atom. The highest BCUT2D eigenvalue weighted by Crippen LogP contribution is 2.42. The zero-order chi connectivity index (χ0) is 14.3. The Hall–Kier alpha value is -0.410. The molecule has 1 heterocycles. The van der Waals surface area contributed by atoms with Gasteiger partial charge in [0.05, 0.1) is 11.2 Å². The maximum absolute atomic E-state index is 6.70. The summed E-state index contributed by atoms with van der Waals surface area (Å²) >= 11 is 1.93. The molecule has 2 aliphatic carbocycles. The fourth-order valence-corrected chi connectivity index (χ4v) is 5.03. The molecule has 3 rings (SSSR count). The molecular weight excluding hydrogens is 264 g/mol. The Morgan fingerprint density at radius 1 is 1.25 bits per heavy atom. The van der Waals surface area contributed by atoms with Gasteiger partial charge in [0, 0.05) is 4.88 Å². The maximum atomic E-state index is 6.70.